The van der Waals surface area contributed by atoms with Crippen LogP contribution in [0.2, 0.25) is 0 Å². The summed E-state index contributed by atoms with van der Waals surface area (Å²) in [7, 11) is -1.68. The SMILES string of the molecule is Cn1cc(S(=O)(=O)N2CCCC[C@H]2CSC(C)(C)C)cn1. The Morgan fingerprint density at radius 1 is 1.38 bits per heavy atom. The molecule has 1 fully saturated rings. The van der Waals surface area contributed by atoms with Gasteiger partial charge in [0.2, 0.25) is 10.0 Å². The van der Waals surface area contributed by atoms with Crippen LogP contribution in [0.25, 0.3) is 0 Å². The molecule has 0 radical (unpaired) electrons. The highest BCUT2D eigenvalue weighted by atomic mass is 32.2. The summed E-state index contributed by atoms with van der Waals surface area (Å²) in [4.78, 5) is 0.303. The molecule has 1 saturated heterocycles. The zero-order valence-electron chi connectivity index (χ0n) is 13.2. The number of piperidine rings is 1. The molecule has 0 amide bonds. The predicted octanol–water partition coefficient (Wildman–Crippen LogP) is 2.50. The lowest BCUT2D eigenvalue weighted by Gasteiger charge is -2.35. The predicted molar refractivity (Wildman–Crippen MR) is 86.9 cm³/mol. The normalized spacial score (nSPS) is 21.6. The Balaban J connectivity index is 2.18. The summed E-state index contributed by atoms with van der Waals surface area (Å²) in [6.07, 6.45) is 6.02. The van der Waals surface area contributed by atoms with Gasteiger partial charge in [-0.25, -0.2) is 8.42 Å². The van der Waals surface area contributed by atoms with Gasteiger partial charge >= 0.3 is 0 Å². The molecule has 1 aliphatic heterocycles. The van der Waals surface area contributed by atoms with Crippen LogP contribution in [0.15, 0.2) is 17.3 Å². The van der Waals surface area contributed by atoms with Crippen molar-refractivity contribution in [1.29, 1.82) is 0 Å². The fraction of sp³-hybridized carbons (Fsp3) is 0.786. The third-order valence-electron chi connectivity index (χ3n) is 3.57. The van der Waals surface area contributed by atoms with Gasteiger partial charge in [-0.1, -0.05) is 27.2 Å². The Kier molecular flexibility index (Phi) is 5.05. The largest absolute Gasteiger partial charge is 0.274 e. The number of hydrogen-bond donors (Lipinski definition) is 0. The van der Waals surface area contributed by atoms with Gasteiger partial charge in [0.25, 0.3) is 0 Å². The lowest BCUT2D eigenvalue weighted by molar-refractivity contribution is 0.272. The van der Waals surface area contributed by atoms with Crippen molar-refractivity contribution in [3.8, 4) is 0 Å². The monoisotopic (exact) mass is 331 g/mol. The van der Waals surface area contributed by atoms with Gasteiger partial charge in [-0.15, -0.1) is 0 Å². The molecule has 21 heavy (non-hydrogen) atoms. The van der Waals surface area contributed by atoms with E-state index >= 15 is 0 Å². The first-order valence-corrected chi connectivity index (χ1v) is 9.77. The van der Waals surface area contributed by atoms with Crippen LogP contribution < -0.4 is 0 Å². The van der Waals surface area contributed by atoms with Crippen molar-refractivity contribution in [2.75, 3.05) is 12.3 Å². The minimum Gasteiger partial charge on any atom is -0.274 e. The number of aryl methyl sites for hydroxylation is 1. The van der Waals surface area contributed by atoms with Gasteiger partial charge in [0.1, 0.15) is 4.90 Å². The van der Waals surface area contributed by atoms with E-state index in [0.717, 1.165) is 25.0 Å². The van der Waals surface area contributed by atoms with E-state index in [9.17, 15) is 8.42 Å². The van der Waals surface area contributed by atoms with Crippen LogP contribution in [0.3, 0.4) is 0 Å². The Morgan fingerprint density at radius 3 is 2.67 bits per heavy atom. The molecule has 5 nitrogen and oxygen atoms in total. The zero-order valence-corrected chi connectivity index (χ0v) is 14.9. The zero-order chi connectivity index (χ0) is 15.7. The molecule has 1 aliphatic rings. The van der Waals surface area contributed by atoms with E-state index in [0.29, 0.717) is 11.4 Å². The second-order valence-electron chi connectivity index (χ2n) is 6.54. The number of nitrogens with zero attached hydrogens (tertiary/aromatic N) is 3. The van der Waals surface area contributed by atoms with E-state index < -0.39 is 10.0 Å². The van der Waals surface area contributed by atoms with Crippen LogP contribution >= 0.6 is 11.8 Å². The molecule has 0 saturated carbocycles. The molecule has 0 aromatic carbocycles. The molecule has 1 atom stereocenters. The standard InChI is InChI=1S/C14H25N3O2S2/c1-14(2,3)20-11-12-7-5-6-8-17(12)21(18,19)13-9-15-16(4)10-13/h9-10,12H,5-8,11H2,1-4H3/t12-/m0/s1. The van der Waals surface area contributed by atoms with Gasteiger partial charge in [0, 0.05) is 36.3 Å². The number of hydrogen-bond acceptors (Lipinski definition) is 4. The van der Waals surface area contributed by atoms with Crippen molar-refractivity contribution in [2.45, 2.75) is 55.7 Å². The van der Waals surface area contributed by atoms with E-state index in [1.165, 1.54) is 10.9 Å². The summed E-state index contributed by atoms with van der Waals surface area (Å²) < 4.78 is 29.0. The molecule has 0 unspecified atom stereocenters. The summed E-state index contributed by atoms with van der Waals surface area (Å²) in [5.74, 6) is 0.850. The minimum absolute atomic E-state index is 0.0909. The molecule has 120 valence electrons. The quantitative estimate of drug-likeness (QED) is 0.850. The maximum atomic E-state index is 12.8. The fourth-order valence-electron chi connectivity index (χ4n) is 2.47. The van der Waals surface area contributed by atoms with Crippen molar-refractivity contribution < 1.29 is 8.42 Å². The Morgan fingerprint density at radius 2 is 2.10 bits per heavy atom. The molecular formula is C14H25N3O2S2. The molecule has 0 aliphatic carbocycles. The summed E-state index contributed by atoms with van der Waals surface area (Å²) in [5, 5.41) is 3.99. The number of aromatic nitrogens is 2. The average molecular weight is 332 g/mol. The summed E-state index contributed by atoms with van der Waals surface area (Å²) in [6.45, 7) is 7.12. The second kappa shape index (κ2) is 6.30. The van der Waals surface area contributed by atoms with Crippen LogP contribution in [-0.2, 0) is 17.1 Å². The highest BCUT2D eigenvalue weighted by molar-refractivity contribution is 8.00. The first-order valence-electron chi connectivity index (χ1n) is 7.34. The van der Waals surface area contributed by atoms with Crippen molar-refractivity contribution in [3.05, 3.63) is 12.4 Å². The highest BCUT2D eigenvalue weighted by Crippen LogP contribution is 2.31. The van der Waals surface area contributed by atoms with Gasteiger partial charge in [-0.3, -0.25) is 4.68 Å². The average Bonchev–Trinajstić information content (AvgIpc) is 2.83. The van der Waals surface area contributed by atoms with Gasteiger partial charge in [0.15, 0.2) is 0 Å². The topological polar surface area (TPSA) is 55.2 Å². The Hall–Kier alpha value is -0.530. The molecule has 7 heteroatoms. The lowest BCUT2D eigenvalue weighted by Crippen LogP contribution is -2.45. The van der Waals surface area contributed by atoms with Gasteiger partial charge in [-0.05, 0) is 12.8 Å². The number of sulfonamides is 1. The van der Waals surface area contributed by atoms with Gasteiger partial charge in [-0.2, -0.15) is 21.2 Å². The van der Waals surface area contributed by atoms with Crippen LogP contribution in [0.5, 0.6) is 0 Å². The van der Waals surface area contributed by atoms with Crippen LogP contribution in [0.1, 0.15) is 40.0 Å². The van der Waals surface area contributed by atoms with Crippen molar-refractivity contribution in [2.24, 2.45) is 7.05 Å². The van der Waals surface area contributed by atoms with Crippen molar-refractivity contribution >= 4 is 21.8 Å². The molecular weight excluding hydrogens is 306 g/mol. The van der Waals surface area contributed by atoms with Crippen LogP contribution in [0.4, 0.5) is 0 Å². The highest BCUT2D eigenvalue weighted by Gasteiger charge is 2.34. The fourth-order valence-corrected chi connectivity index (χ4v) is 5.28. The number of thioether (sulfide) groups is 1. The molecule has 2 heterocycles. The Labute approximate surface area is 132 Å². The first kappa shape index (κ1) is 16.8. The summed E-state index contributed by atoms with van der Waals surface area (Å²) in [6, 6.07) is 0.0909. The molecule has 1 aromatic rings. The van der Waals surface area contributed by atoms with Crippen LogP contribution in [0, 0.1) is 0 Å². The molecule has 0 bridgehead atoms. The number of rotatable bonds is 4. The molecule has 0 spiro atoms. The molecule has 1 aromatic heterocycles. The smallest absolute Gasteiger partial charge is 0.246 e. The summed E-state index contributed by atoms with van der Waals surface area (Å²) in [5.41, 5.74) is 0. The van der Waals surface area contributed by atoms with E-state index in [-0.39, 0.29) is 10.8 Å². The van der Waals surface area contributed by atoms with Crippen LogP contribution in [-0.4, -0.2) is 45.6 Å². The third kappa shape index (κ3) is 4.23. The molecule has 2 rings (SSSR count). The minimum atomic E-state index is -3.42. The Bertz CT molecular complexity index is 575. The van der Waals surface area contributed by atoms with Crippen molar-refractivity contribution in [1.82, 2.24) is 14.1 Å². The van der Waals surface area contributed by atoms with E-state index in [2.05, 4.69) is 25.9 Å². The third-order valence-corrected chi connectivity index (χ3v) is 6.89. The molecule has 0 N–H and O–H groups in total. The van der Waals surface area contributed by atoms with Gasteiger partial charge < -0.3 is 0 Å². The summed E-state index contributed by atoms with van der Waals surface area (Å²) >= 11 is 1.83. The second-order valence-corrected chi connectivity index (χ2v) is 10.3. The van der Waals surface area contributed by atoms with E-state index in [1.54, 1.807) is 17.5 Å². The first-order chi connectivity index (χ1) is 9.70. The lowest BCUT2D eigenvalue weighted by atomic mass is 10.1. The maximum Gasteiger partial charge on any atom is 0.246 e. The van der Waals surface area contributed by atoms with E-state index in [4.69, 9.17) is 0 Å². The maximum absolute atomic E-state index is 12.8. The van der Waals surface area contributed by atoms with E-state index in [1.807, 2.05) is 11.8 Å². The van der Waals surface area contributed by atoms with Gasteiger partial charge in [0.05, 0.1) is 6.20 Å². The van der Waals surface area contributed by atoms with Crippen molar-refractivity contribution in [3.63, 3.8) is 0 Å².